The molecule has 1 aromatic carbocycles. The number of thioether (sulfide) groups is 1. The van der Waals surface area contributed by atoms with Crippen LogP contribution in [0.25, 0.3) is 0 Å². The van der Waals surface area contributed by atoms with Gasteiger partial charge >= 0.3 is 6.09 Å². The van der Waals surface area contributed by atoms with Crippen LogP contribution in [0.3, 0.4) is 0 Å². The minimum atomic E-state index is -0.808. The molecule has 1 aliphatic heterocycles. The minimum absolute atomic E-state index is 0.283. The Morgan fingerprint density at radius 2 is 2.22 bits per heavy atom. The third-order valence-corrected chi connectivity index (χ3v) is 4.05. The number of nitrogens with one attached hydrogen (secondary N) is 1. The number of piperazine rings is 1. The highest BCUT2D eigenvalue weighted by Crippen LogP contribution is 2.19. The fourth-order valence-corrected chi connectivity index (χ4v) is 3.02. The van der Waals surface area contributed by atoms with Gasteiger partial charge in [0.2, 0.25) is 0 Å². The smallest absolute Gasteiger partial charge is 0.407 e. The zero-order chi connectivity index (χ0) is 12.8. The van der Waals surface area contributed by atoms with Crippen molar-refractivity contribution in [1.29, 1.82) is 0 Å². The van der Waals surface area contributed by atoms with E-state index >= 15 is 0 Å². The molecule has 98 valence electrons. The normalized spacial score (nSPS) is 19.8. The van der Waals surface area contributed by atoms with Crippen LogP contribution in [-0.2, 0) is 0 Å². The first-order valence-electron chi connectivity index (χ1n) is 6.15. The van der Waals surface area contributed by atoms with E-state index in [1.165, 1.54) is 9.80 Å². The van der Waals surface area contributed by atoms with Gasteiger partial charge in [0.1, 0.15) is 0 Å². The molecular weight excluding hydrogens is 248 g/mol. The van der Waals surface area contributed by atoms with Crippen molar-refractivity contribution >= 4 is 17.9 Å². The standard InChI is InChI=1S/C13H18N2O2S/c16-13(17)15-8-7-14-11(10-15)6-9-18-12-4-2-1-3-5-12/h1-5,11,14H,6-10H2,(H,16,17)/t11-/m1/s1. The summed E-state index contributed by atoms with van der Waals surface area (Å²) >= 11 is 1.82. The molecule has 1 saturated heterocycles. The third-order valence-electron chi connectivity index (χ3n) is 3.00. The monoisotopic (exact) mass is 266 g/mol. The Morgan fingerprint density at radius 3 is 2.94 bits per heavy atom. The van der Waals surface area contributed by atoms with E-state index in [2.05, 4.69) is 17.4 Å². The Balaban J connectivity index is 1.72. The van der Waals surface area contributed by atoms with Crippen LogP contribution in [0.2, 0.25) is 0 Å². The van der Waals surface area contributed by atoms with E-state index in [-0.39, 0.29) is 6.04 Å². The predicted molar refractivity (Wildman–Crippen MR) is 73.2 cm³/mol. The molecule has 1 aromatic rings. The van der Waals surface area contributed by atoms with Gasteiger partial charge < -0.3 is 15.3 Å². The van der Waals surface area contributed by atoms with E-state index in [1.807, 2.05) is 30.0 Å². The highest BCUT2D eigenvalue weighted by atomic mass is 32.2. The summed E-state index contributed by atoms with van der Waals surface area (Å²) in [4.78, 5) is 13.6. The van der Waals surface area contributed by atoms with Crippen LogP contribution in [0.15, 0.2) is 35.2 Å². The SMILES string of the molecule is O=C(O)N1CCN[C@H](CCSc2ccccc2)C1. The summed E-state index contributed by atoms with van der Waals surface area (Å²) < 4.78 is 0. The Morgan fingerprint density at radius 1 is 1.44 bits per heavy atom. The summed E-state index contributed by atoms with van der Waals surface area (Å²) in [6, 6.07) is 10.6. The van der Waals surface area contributed by atoms with Gasteiger partial charge in [-0.3, -0.25) is 0 Å². The lowest BCUT2D eigenvalue weighted by molar-refractivity contribution is 0.128. The summed E-state index contributed by atoms with van der Waals surface area (Å²) in [7, 11) is 0. The number of amides is 1. The topological polar surface area (TPSA) is 52.6 Å². The molecular formula is C13H18N2O2S. The van der Waals surface area contributed by atoms with Crippen molar-refractivity contribution in [1.82, 2.24) is 10.2 Å². The molecule has 1 heterocycles. The van der Waals surface area contributed by atoms with Crippen molar-refractivity contribution in [2.24, 2.45) is 0 Å². The Hall–Kier alpha value is -1.20. The molecule has 0 aliphatic carbocycles. The molecule has 5 heteroatoms. The van der Waals surface area contributed by atoms with Crippen LogP contribution in [0, 0.1) is 0 Å². The van der Waals surface area contributed by atoms with E-state index in [9.17, 15) is 4.79 Å². The molecule has 0 unspecified atom stereocenters. The number of nitrogens with zero attached hydrogens (tertiary/aromatic N) is 1. The molecule has 1 fully saturated rings. The molecule has 2 N–H and O–H groups in total. The third kappa shape index (κ3) is 3.92. The van der Waals surface area contributed by atoms with E-state index in [4.69, 9.17) is 5.11 Å². The van der Waals surface area contributed by atoms with Crippen molar-refractivity contribution in [3.05, 3.63) is 30.3 Å². The molecule has 1 atom stereocenters. The molecule has 0 radical (unpaired) electrons. The molecule has 1 aliphatic rings. The highest BCUT2D eigenvalue weighted by molar-refractivity contribution is 7.99. The lowest BCUT2D eigenvalue weighted by Gasteiger charge is -2.31. The fourth-order valence-electron chi connectivity index (χ4n) is 2.03. The molecule has 0 spiro atoms. The maximum atomic E-state index is 10.9. The van der Waals surface area contributed by atoms with Gasteiger partial charge in [0, 0.05) is 30.6 Å². The van der Waals surface area contributed by atoms with Gasteiger partial charge in [0.05, 0.1) is 0 Å². The predicted octanol–water partition coefficient (Wildman–Crippen LogP) is 2.12. The van der Waals surface area contributed by atoms with Gasteiger partial charge in [-0.2, -0.15) is 0 Å². The Bertz CT molecular complexity index is 386. The molecule has 2 rings (SSSR count). The average molecular weight is 266 g/mol. The second-order valence-corrected chi connectivity index (χ2v) is 5.50. The first-order valence-corrected chi connectivity index (χ1v) is 7.13. The number of hydrogen-bond acceptors (Lipinski definition) is 3. The van der Waals surface area contributed by atoms with Crippen LogP contribution in [0.1, 0.15) is 6.42 Å². The van der Waals surface area contributed by atoms with Gasteiger partial charge in [-0.05, 0) is 24.3 Å². The van der Waals surface area contributed by atoms with Crippen LogP contribution in [0.4, 0.5) is 4.79 Å². The van der Waals surface area contributed by atoms with Crippen molar-refractivity contribution in [3.8, 4) is 0 Å². The number of hydrogen-bond donors (Lipinski definition) is 2. The van der Waals surface area contributed by atoms with Gasteiger partial charge in [0.15, 0.2) is 0 Å². The van der Waals surface area contributed by atoms with Crippen molar-refractivity contribution in [3.63, 3.8) is 0 Å². The van der Waals surface area contributed by atoms with Crippen LogP contribution < -0.4 is 5.32 Å². The Kier molecular flexibility index (Phi) is 4.90. The number of carboxylic acid groups (broad SMARTS) is 1. The van der Waals surface area contributed by atoms with Crippen molar-refractivity contribution in [2.75, 3.05) is 25.4 Å². The highest BCUT2D eigenvalue weighted by Gasteiger charge is 2.22. The molecule has 18 heavy (non-hydrogen) atoms. The van der Waals surface area contributed by atoms with Crippen LogP contribution >= 0.6 is 11.8 Å². The molecule has 1 amide bonds. The molecule has 4 nitrogen and oxygen atoms in total. The summed E-state index contributed by atoms with van der Waals surface area (Å²) in [5.74, 6) is 1.01. The van der Waals surface area contributed by atoms with E-state index < -0.39 is 6.09 Å². The Labute approximate surface area is 111 Å². The largest absolute Gasteiger partial charge is 0.465 e. The lowest BCUT2D eigenvalue weighted by Crippen LogP contribution is -2.52. The van der Waals surface area contributed by atoms with Gasteiger partial charge in [-0.15, -0.1) is 11.8 Å². The van der Waals surface area contributed by atoms with Gasteiger partial charge in [0.25, 0.3) is 0 Å². The first kappa shape index (κ1) is 13.2. The summed E-state index contributed by atoms with van der Waals surface area (Å²) in [6.07, 6.45) is 0.181. The summed E-state index contributed by atoms with van der Waals surface area (Å²) in [5.41, 5.74) is 0. The second-order valence-electron chi connectivity index (χ2n) is 4.33. The van der Waals surface area contributed by atoms with Gasteiger partial charge in [-0.25, -0.2) is 4.79 Å². The van der Waals surface area contributed by atoms with E-state index in [0.717, 1.165) is 18.7 Å². The number of carbonyl (C=O) groups is 1. The number of rotatable bonds is 4. The number of benzene rings is 1. The first-order chi connectivity index (χ1) is 8.75. The maximum Gasteiger partial charge on any atom is 0.407 e. The van der Waals surface area contributed by atoms with Gasteiger partial charge in [-0.1, -0.05) is 18.2 Å². The second kappa shape index (κ2) is 6.66. The summed E-state index contributed by atoms with van der Waals surface area (Å²) in [6.45, 7) is 1.95. The van der Waals surface area contributed by atoms with E-state index in [0.29, 0.717) is 13.1 Å². The van der Waals surface area contributed by atoms with Crippen molar-refractivity contribution < 1.29 is 9.90 Å². The molecule has 0 bridgehead atoms. The van der Waals surface area contributed by atoms with Crippen molar-refractivity contribution in [2.45, 2.75) is 17.4 Å². The lowest BCUT2D eigenvalue weighted by atomic mass is 10.2. The minimum Gasteiger partial charge on any atom is -0.465 e. The van der Waals surface area contributed by atoms with E-state index in [1.54, 1.807) is 0 Å². The maximum absolute atomic E-state index is 10.9. The van der Waals surface area contributed by atoms with Crippen LogP contribution in [0.5, 0.6) is 0 Å². The average Bonchev–Trinajstić information content (AvgIpc) is 2.40. The quantitative estimate of drug-likeness (QED) is 0.820. The zero-order valence-electron chi connectivity index (χ0n) is 10.2. The van der Waals surface area contributed by atoms with Crippen LogP contribution in [-0.4, -0.2) is 47.5 Å². The fraction of sp³-hybridized carbons (Fsp3) is 0.462. The summed E-state index contributed by atoms with van der Waals surface area (Å²) in [5, 5.41) is 12.3. The molecule has 0 aromatic heterocycles. The molecule has 0 saturated carbocycles. The zero-order valence-corrected chi connectivity index (χ0v) is 11.0.